The Balaban J connectivity index is 2.67. The number of nitro groups is 1. The molecule has 0 saturated carbocycles. The summed E-state index contributed by atoms with van der Waals surface area (Å²) in [6.07, 6.45) is 0.874. The summed E-state index contributed by atoms with van der Waals surface area (Å²) in [7, 11) is 0. The molecule has 0 fully saturated rings. The zero-order valence-corrected chi connectivity index (χ0v) is 10.4. The first kappa shape index (κ1) is 14.8. The van der Waals surface area contributed by atoms with Crippen LogP contribution in [0.2, 0.25) is 0 Å². The molecule has 4 N–H and O–H groups in total. The number of carbonyl (C=O) groups excluding carboxylic acids is 2. The number of nitrogens with two attached hydrogens (primary N) is 2. The maximum absolute atomic E-state index is 11.6. The van der Waals surface area contributed by atoms with Gasteiger partial charge in [0.1, 0.15) is 6.20 Å². The zero-order valence-electron chi connectivity index (χ0n) is 10.4. The summed E-state index contributed by atoms with van der Waals surface area (Å²) >= 11 is 0. The molecule has 104 valence electrons. The lowest BCUT2D eigenvalue weighted by Crippen LogP contribution is -2.35. The number of aryl methyl sites for hydroxylation is 1. The Hall–Kier alpha value is -2.29. The standard InChI is InChI=1S/C10H15N5O4/c1-6-13-5-10(15(18)19)14(6)3-2-8(16)7(11)4-9(12)17/h5,7H,2-4,11H2,1H3,(H2,12,17)/t7-/m1/s1. The number of amides is 1. The molecule has 1 aromatic heterocycles. The number of hydrogen-bond acceptors (Lipinski definition) is 6. The summed E-state index contributed by atoms with van der Waals surface area (Å²) in [5.41, 5.74) is 10.4. The second-order valence-electron chi connectivity index (χ2n) is 4.07. The van der Waals surface area contributed by atoms with Gasteiger partial charge in [0.05, 0.1) is 12.6 Å². The van der Waals surface area contributed by atoms with Crippen molar-refractivity contribution in [3.63, 3.8) is 0 Å². The molecular formula is C10H15N5O4. The second-order valence-corrected chi connectivity index (χ2v) is 4.07. The molecule has 19 heavy (non-hydrogen) atoms. The predicted octanol–water partition coefficient (Wildman–Crippen LogP) is -0.738. The van der Waals surface area contributed by atoms with Gasteiger partial charge in [-0.2, -0.15) is 0 Å². The van der Waals surface area contributed by atoms with Gasteiger partial charge in [-0.25, -0.2) is 9.55 Å². The number of nitrogens with zero attached hydrogens (tertiary/aromatic N) is 3. The highest BCUT2D eigenvalue weighted by molar-refractivity contribution is 5.88. The number of primary amides is 1. The van der Waals surface area contributed by atoms with E-state index in [4.69, 9.17) is 11.5 Å². The van der Waals surface area contributed by atoms with Crippen LogP contribution in [0.3, 0.4) is 0 Å². The third kappa shape index (κ3) is 3.85. The topological polar surface area (TPSA) is 147 Å². The summed E-state index contributed by atoms with van der Waals surface area (Å²) < 4.78 is 1.31. The Bertz CT molecular complexity index is 510. The van der Waals surface area contributed by atoms with Gasteiger partial charge in [0.2, 0.25) is 5.91 Å². The van der Waals surface area contributed by atoms with Crippen molar-refractivity contribution in [3.05, 3.63) is 22.1 Å². The number of rotatable bonds is 7. The lowest BCUT2D eigenvalue weighted by atomic mass is 10.1. The number of hydrogen-bond donors (Lipinski definition) is 2. The first-order valence-corrected chi connectivity index (χ1v) is 5.56. The van der Waals surface area contributed by atoms with Crippen LogP contribution in [0.4, 0.5) is 5.82 Å². The van der Waals surface area contributed by atoms with E-state index in [0.717, 1.165) is 6.20 Å². The van der Waals surface area contributed by atoms with Crippen LogP contribution in [0.25, 0.3) is 0 Å². The number of ketones is 1. The van der Waals surface area contributed by atoms with E-state index in [1.807, 2.05) is 0 Å². The van der Waals surface area contributed by atoms with Crippen molar-refractivity contribution in [2.24, 2.45) is 11.5 Å². The predicted molar refractivity (Wildman–Crippen MR) is 65.0 cm³/mol. The van der Waals surface area contributed by atoms with E-state index in [9.17, 15) is 19.7 Å². The van der Waals surface area contributed by atoms with E-state index in [0.29, 0.717) is 5.82 Å². The molecule has 0 aliphatic rings. The quantitative estimate of drug-likeness (QED) is 0.492. The molecule has 1 amide bonds. The molecule has 0 aliphatic heterocycles. The fourth-order valence-corrected chi connectivity index (χ4v) is 1.62. The Labute approximate surface area is 108 Å². The van der Waals surface area contributed by atoms with Crippen LogP contribution in [0.1, 0.15) is 18.7 Å². The smallest absolute Gasteiger partial charge is 0.342 e. The van der Waals surface area contributed by atoms with Gasteiger partial charge < -0.3 is 21.6 Å². The molecule has 0 radical (unpaired) electrons. The van der Waals surface area contributed by atoms with Gasteiger partial charge in [0.25, 0.3) is 0 Å². The molecule has 0 aromatic carbocycles. The number of carbonyl (C=O) groups is 2. The van der Waals surface area contributed by atoms with E-state index < -0.39 is 16.9 Å². The molecule has 1 atom stereocenters. The molecule has 1 heterocycles. The summed E-state index contributed by atoms with van der Waals surface area (Å²) in [6, 6.07) is -0.972. The van der Waals surface area contributed by atoms with Crippen molar-refractivity contribution < 1.29 is 14.5 Å². The molecule has 0 aliphatic carbocycles. The number of aromatic nitrogens is 2. The van der Waals surface area contributed by atoms with Crippen molar-refractivity contribution in [3.8, 4) is 0 Å². The lowest BCUT2D eigenvalue weighted by molar-refractivity contribution is -0.392. The normalized spacial score (nSPS) is 12.1. The molecule has 0 unspecified atom stereocenters. The first-order valence-electron chi connectivity index (χ1n) is 5.56. The van der Waals surface area contributed by atoms with Crippen LogP contribution in [0, 0.1) is 17.0 Å². The minimum atomic E-state index is -0.972. The summed E-state index contributed by atoms with van der Waals surface area (Å²) in [6.45, 7) is 1.69. The molecule has 0 saturated heterocycles. The van der Waals surface area contributed by atoms with Crippen LogP contribution >= 0.6 is 0 Å². The van der Waals surface area contributed by atoms with E-state index in [2.05, 4.69) is 4.98 Å². The van der Waals surface area contributed by atoms with Crippen molar-refractivity contribution in [2.45, 2.75) is 32.4 Å². The highest BCUT2D eigenvalue weighted by Gasteiger charge is 2.21. The van der Waals surface area contributed by atoms with Gasteiger partial charge in [0.15, 0.2) is 11.6 Å². The average molecular weight is 269 g/mol. The van der Waals surface area contributed by atoms with Crippen molar-refractivity contribution >= 4 is 17.5 Å². The third-order valence-electron chi connectivity index (χ3n) is 2.64. The van der Waals surface area contributed by atoms with Crippen LogP contribution in [0.5, 0.6) is 0 Å². The number of imidazole rings is 1. The fourth-order valence-electron chi connectivity index (χ4n) is 1.62. The van der Waals surface area contributed by atoms with Gasteiger partial charge in [0, 0.05) is 19.8 Å². The largest absolute Gasteiger partial charge is 0.370 e. The monoisotopic (exact) mass is 269 g/mol. The minimum absolute atomic E-state index is 0.0213. The second kappa shape index (κ2) is 6.05. The van der Waals surface area contributed by atoms with E-state index >= 15 is 0 Å². The molecule has 9 heteroatoms. The molecule has 0 bridgehead atoms. The van der Waals surface area contributed by atoms with E-state index in [1.54, 1.807) is 6.92 Å². The lowest BCUT2D eigenvalue weighted by Gasteiger charge is -2.08. The van der Waals surface area contributed by atoms with E-state index in [-0.39, 0.29) is 31.0 Å². The summed E-state index contributed by atoms with van der Waals surface area (Å²) in [5, 5.41) is 10.7. The first-order chi connectivity index (χ1) is 8.82. The highest BCUT2D eigenvalue weighted by Crippen LogP contribution is 2.14. The molecule has 9 nitrogen and oxygen atoms in total. The van der Waals surface area contributed by atoms with E-state index in [1.165, 1.54) is 4.57 Å². The summed E-state index contributed by atoms with van der Waals surface area (Å²) in [5.74, 6) is -0.788. The zero-order chi connectivity index (χ0) is 14.6. The average Bonchev–Trinajstić information content (AvgIpc) is 2.66. The Kier molecular flexibility index (Phi) is 4.70. The maximum atomic E-state index is 11.6. The van der Waals surface area contributed by atoms with Gasteiger partial charge in [-0.15, -0.1) is 0 Å². The van der Waals surface area contributed by atoms with Gasteiger partial charge in [-0.3, -0.25) is 9.59 Å². The number of Topliss-reactive ketones (excluding diaryl/α,β-unsaturated/α-hetero) is 1. The van der Waals surface area contributed by atoms with Crippen molar-refractivity contribution in [1.29, 1.82) is 0 Å². The minimum Gasteiger partial charge on any atom is -0.370 e. The SMILES string of the molecule is Cc1ncc([N+](=O)[O-])n1CCC(=O)[C@H](N)CC(N)=O. The molecular weight excluding hydrogens is 254 g/mol. The van der Waals surface area contributed by atoms with Crippen LogP contribution in [-0.2, 0) is 16.1 Å². The fraction of sp³-hybridized carbons (Fsp3) is 0.500. The highest BCUT2D eigenvalue weighted by atomic mass is 16.6. The molecule has 0 spiro atoms. The molecule has 1 aromatic rings. The molecule has 1 rings (SSSR count). The van der Waals surface area contributed by atoms with Crippen molar-refractivity contribution in [2.75, 3.05) is 0 Å². The Morgan fingerprint density at radius 2 is 2.21 bits per heavy atom. The van der Waals surface area contributed by atoms with Crippen molar-refractivity contribution in [1.82, 2.24) is 9.55 Å². The summed E-state index contributed by atoms with van der Waals surface area (Å²) in [4.78, 5) is 36.2. The van der Waals surface area contributed by atoms with Gasteiger partial charge in [-0.1, -0.05) is 0 Å². The van der Waals surface area contributed by atoms with Crippen LogP contribution in [-0.4, -0.2) is 32.2 Å². The van der Waals surface area contributed by atoms with Crippen LogP contribution < -0.4 is 11.5 Å². The van der Waals surface area contributed by atoms with Crippen LogP contribution in [0.15, 0.2) is 6.20 Å². The van der Waals surface area contributed by atoms with Gasteiger partial charge in [-0.05, 0) is 4.92 Å². The maximum Gasteiger partial charge on any atom is 0.342 e. The third-order valence-corrected chi connectivity index (χ3v) is 2.64. The Morgan fingerprint density at radius 3 is 2.74 bits per heavy atom. The Morgan fingerprint density at radius 1 is 1.58 bits per heavy atom. The van der Waals surface area contributed by atoms with Gasteiger partial charge >= 0.3 is 5.82 Å².